The SMILES string of the molecule is COC(=O)C1CC(O)CN1S(=O)(=O)N(C)C(C)C. The van der Waals surface area contributed by atoms with Gasteiger partial charge in [-0.25, -0.2) is 0 Å². The highest BCUT2D eigenvalue weighted by atomic mass is 32.2. The van der Waals surface area contributed by atoms with Crippen LogP contribution < -0.4 is 0 Å². The summed E-state index contributed by atoms with van der Waals surface area (Å²) >= 11 is 0. The first-order valence-corrected chi connectivity index (χ1v) is 7.12. The minimum absolute atomic E-state index is 0.0673. The van der Waals surface area contributed by atoms with Crippen molar-refractivity contribution in [3.63, 3.8) is 0 Å². The van der Waals surface area contributed by atoms with Gasteiger partial charge in [0.1, 0.15) is 6.04 Å². The minimum atomic E-state index is -3.77. The molecule has 8 heteroatoms. The van der Waals surface area contributed by atoms with E-state index in [0.29, 0.717) is 0 Å². The molecular formula is C10H20N2O5S. The van der Waals surface area contributed by atoms with Crippen LogP contribution >= 0.6 is 0 Å². The molecule has 0 spiro atoms. The summed E-state index contributed by atoms with van der Waals surface area (Å²) < 4.78 is 31.3. The smallest absolute Gasteiger partial charge is 0.324 e. The quantitative estimate of drug-likeness (QED) is 0.680. The van der Waals surface area contributed by atoms with Crippen LogP contribution in [0.5, 0.6) is 0 Å². The van der Waals surface area contributed by atoms with Gasteiger partial charge < -0.3 is 9.84 Å². The predicted molar refractivity (Wildman–Crippen MR) is 65.0 cm³/mol. The van der Waals surface area contributed by atoms with Gasteiger partial charge >= 0.3 is 5.97 Å². The predicted octanol–water partition coefficient (Wildman–Crippen LogP) is -0.820. The average molecular weight is 280 g/mol. The maximum Gasteiger partial charge on any atom is 0.324 e. The molecule has 1 saturated heterocycles. The number of ether oxygens (including phenoxy) is 1. The molecule has 1 aliphatic heterocycles. The number of β-amino-alcohol motifs (C(OH)–C–C–N with tert-alkyl or cyclic N) is 1. The van der Waals surface area contributed by atoms with Crippen LogP contribution in [-0.2, 0) is 19.7 Å². The number of esters is 1. The van der Waals surface area contributed by atoms with Gasteiger partial charge in [0.2, 0.25) is 0 Å². The highest BCUT2D eigenvalue weighted by Gasteiger charge is 2.45. The van der Waals surface area contributed by atoms with Crippen molar-refractivity contribution in [2.75, 3.05) is 20.7 Å². The van der Waals surface area contributed by atoms with Gasteiger partial charge in [-0.1, -0.05) is 0 Å². The van der Waals surface area contributed by atoms with Crippen molar-refractivity contribution < 1.29 is 23.1 Å². The first-order valence-electron chi connectivity index (χ1n) is 5.72. The zero-order valence-corrected chi connectivity index (χ0v) is 11.8. The number of carbonyl (C=O) groups is 1. The van der Waals surface area contributed by atoms with Crippen molar-refractivity contribution in [2.45, 2.75) is 38.5 Å². The standard InChI is InChI=1S/C10H20N2O5S/c1-7(2)11(3)18(15,16)12-6-8(13)5-9(12)10(14)17-4/h7-9,13H,5-6H2,1-4H3. The number of hydrogen-bond acceptors (Lipinski definition) is 5. The molecule has 1 rings (SSSR count). The van der Waals surface area contributed by atoms with Crippen LogP contribution in [0.1, 0.15) is 20.3 Å². The fourth-order valence-electron chi connectivity index (χ4n) is 1.82. The fourth-order valence-corrected chi connectivity index (χ4v) is 3.54. The van der Waals surface area contributed by atoms with E-state index in [1.807, 2.05) is 0 Å². The molecule has 0 aromatic carbocycles. The number of aliphatic hydroxyl groups is 1. The molecule has 7 nitrogen and oxygen atoms in total. The van der Waals surface area contributed by atoms with Crippen molar-refractivity contribution in [3.05, 3.63) is 0 Å². The van der Waals surface area contributed by atoms with E-state index in [-0.39, 0.29) is 19.0 Å². The van der Waals surface area contributed by atoms with Gasteiger partial charge in [-0.15, -0.1) is 0 Å². The monoisotopic (exact) mass is 280 g/mol. The second-order valence-corrected chi connectivity index (χ2v) is 6.56. The van der Waals surface area contributed by atoms with Crippen LogP contribution in [0.15, 0.2) is 0 Å². The summed E-state index contributed by atoms with van der Waals surface area (Å²) in [4.78, 5) is 11.6. The molecular weight excluding hydrogens is 260 g/mol. The van der Waals surface area contributed by atoms with Crippen LogP contribution in [0.4, 0.5) is 0 Å². The second-order valence-electron chi connectivity index (χ2n) is 4.62. The van der Waals surface area contributed by atoms with E-state index in [1.165, 1.54) is 18.5 Å². The van der Waals surface area contributed by atoms with Gasteiger partial charge in [0, 0.05) is 26.1 Å². The molecule has 1 fully saturated rings. The van der Waals surface area contributed by atoms with E-state index in [1.54, 1.807) is 13.8 Å². The summed E-state index contributed by atoms with van der Waals surface area (Å²) in [6, 6.07) is -1.18. The van der Waals surface area contributed by atoms with Crippen LogP contribution in [0.3, 0.4) is 0 Å². The van der Waals surface area contributed by atoms with E-state index in [4.69, 9.17) is 0 Å². The Kier molecular flexibility index (Phi) is 4.71. The highest BCUT2D eigenvalue weighted by molar-refractivity contribution is 7.86. The zero-order chi connectivity index (χ0) is 14.1. The van der Waals surface area contributed by atoms with Crippen molar-refractivity contribution in [1.82, 2.24) is 8.61 Å². The number of methoxy groups -OCH3 is 1. The number of aliphatic hydroxyl groups excluding tert-OH is 1. The third-order valence-corrected chi connectivity index (χ3v) is 5.24. The first kappa shape index (κ1) is 15.4. The molecule has 0 aromatic rings. The Morgan fingerprint density at radius 2 is 2.06 bits per heavy atom. The van der Waals surface area contributed by atoms with Gasteiger partial charge in [0.05, 0.1) is 13.2 Å². The lowest BCUT2D eigenvalue weighted by Gasteiger charge is -2.29. The number of carbonyl (C=O) groups excluding carboxylic acids is 1. The number of rotatable bonds is 4. The van der Waals surface area contributed by atoms with E-state index in [0.717, 1.165) is 4.31 Å². The Morgan fingerprint density at radius 1 is 1.50 bits per heavy atom. The van der Waals surface area contributed by atoms with Crippen molar-refractivity contribution in [3.8, 4) is 0 Å². The number of nitrogens with zero attached hydrogens (tertiary/aromatic N) is 2. The second kappa shape index (κ2) is 5.52. The summed E-state index contributed by atoms with van der Waals surface area (Å²) in [5.41, 5.74) is 0. The lowest BCUT2D eigenvalue weighted by molar-refractivity contribution is -0.144. The van der Waals surface area contributed by atoms with Gasteiger partial charge in [-0.2, -0.15) is 17.0 Å². The van der Waals surface area contributed by atoms with E-state index >= 15 is 0 Å². The van der Waals surface area contributed by atoms with Crippen LogP contribution in [0, 0.1) is 0 Å². The Morgan fingerprint density at radius 3 is 2.50 bits per heavy atom. The summed E-state index contributed by atoms with van der Waals surface area (Å²) in [6.07, 6.45) is -0.776. The molecule has 18 heavy (non-hydrogen) atoms. The topological polar surface area (TPSA) is 87.1 Å². The molecule has 0 saturated carbocycles. The molecule has 0 amide bonds. The average Bonchev–Trinajstić information content (AvgIpc) is 2.69. The molecule has 0 radical (unpaired) electrons. The Bertz CT molecular complexity index is 408. The lowest BCUT2D eigenvalue weighted by Crippen LogP contribution is -2.49. The third-order valence-electron chi connectivity index (χ3n) is 3.09. The minimum Gasteiger partial charge on any atom is -0.468 e. The molecule has 0 aromatic heterocycles. The Hall–Kier alpha value is -0.700. The summed E-state index contributed by atoms with van der Waals surface area (Å²) in [6.45, 7) is 3.38. The van der Waals surface area contributed by atoms with Crippen LogP contribution in [0.25, 0.3) is 0 Å². The molecule has 1 aliphatic rings. The highest BCUT2D eigenvalue weighted by Crippen LogP contribution is 2.24. The van der Waals surface area contributed by atoms with E-state index < -0.39 is 28.3 Å². The maximum absolute atomic E-state index is 12.3. The summed E-state index contributed by atoms with van der Waals surface area (Å²) in [7, 11) is -1.13. The summed E-state index contributed by atoms with van der Waals surface area (Å²) in [5, 5.41) is 9.57. The van der Waals surface area contributed by atoms with Gasteiger partial charge in [0.25, 0.3) is 10.2 Å². The molecule has 1 heterocycles. The molecule has 2 atom stereocenters. The third kappa shape index (κ3) is 2.82. The van der Waals surface area contributed by atoms with E-state index in [2.05, 4.69) is 4.74 Å². The van der Waals surface area contributed by atoms with Crippen molar-refractivity contribution in [2.24, 2.45) is 0 Å². The lowest BCUT2D eigenvalue weighted by atomic mass is 10.2. The zero-order valence-electron chi connectivity index (χ0n) is 11.0. The summed E-state index contributed by atoms with van der Waals surface area (Å²) in [5.74, 6) is -0.646. The van der Waals surface area contributed by atoms with Crippen molar-refractivity contribution in [1.29, 1.82) is 0 Å². The van der Waals surface area contributed by atoms with E-state index in [9.17, 15) is 18.3 Å². The molecule has 2 unspecified atom stereocenters. The largest absolute Gasteiger partial charge is 0.468 e. The Labute approximate surface area is 108 Å². The molecule has 0 aliphatic carbocycles. The van der Waals surface area contributed by atoms with Gasteiger partial charge in [0.15, 0.2) is 0 Å². The fraction of sp³-hybridized carbons (Fsp3) is 0.900. The van der Waals surface area contributed by atoms with Gasteiger partial charge in [-0.3, -0.25) is 4.79 Å². The molecule has 106 valence electrons. The Balaban J connectivity index is 3.02. The number of hydrogen-bond donors (Lipinski definition) is 1. The van der Waals surface area contributed by atoms with Crippen LogP contribution in [0.2, 0.25) is 0 Å². The molecule has 0 bridgehead atoms. The normalized spacial score (nSPS) is 25.9. The molecule has 1 N–H and O–H groups in total. The maximum atomic E-state index is 12.3. The van der Waals surface area contributed by atoms with Crippen molar-refractivity contribution >= 4 is 16.2 Å². The van der Waals surface area contributed by atoms with Gasteiger partial charge in [-0.05, 0) is 13.8 Å². The first-order chi connectivity index (χ1) is 8.21. The van der Waals surface area contributed by atoms with Crippen LogP contribution in [-0.4, -0.2) is 67.0 Å².